The van der Waals surface area contributed by atoms with Crippen LogP contribution in [0.15, 0.2) is 17.6 Å². The zero-order valence-electron chi connectivity index (χ0n) is 7.27. The highest BCUT2D eigenvalue weighted by Crippen LogP contribution is 2.18. The van der Waals surface area contributed by atoms with Crippen molar-refractivity contribution in [1.82, 2.24) is 15.0 Å². The molecule has 0 amide bonds. The van der Waals surface area contributed by atoms with Crippen LogP contribution >= 0.6 is 33.9 Å². The predicted molar refractivity (Wildman–Crippen MR) is 61.5 cm³/mol. The maximum absolute atomic E-state index is 11.8. The molecule has 0 saturated heterocycles. The number of hydrogen-bond donors (Lipinski definition) is 0. The Morgan fingerprint density at radius 3 is 2.93 bits per heavy atom. The standard InChI is InChI=1S/C8H6IN3OS/c1-12-3-6(10-11-12)8(13)5-2-7(9)14-4-5/h2-4H,1H3. The Balaban J connectivity index is 2.33. The average molecular weight is 319 g/mol. The molecule has 2 rings (SSSR count). The summed E-state index contributed by atoms with van der Waals surface area (Å²) in [7, 11) is 1.74. The molecule has 0 unspecified atom stereocenters. The zero-order valence-corrected chi connectivity index (χ0v) is 10.2. The van der Waals surface area contributed by atoms with Crippen LogP contribution in [0.2, 0.25) is 0 Å². The van der Waals surface area contributed by atoms with Crippen molar-refractivity contribution in [3.63, 3.8) is 0 Å². The van der Waals surface area contributed by atoms with Gasteiger partial charge >= 0.3 is 0 Å². The summed E-state index contributed by atoms with van der Waals surface area (Å²) in [5.74, 6) is -0.0720. The van der Waals surface area contributed by atoms with E-state index in [0.29, 0.717) is 11.3 Å². The van der Waals surface area contributed by atoms with Crippen LogP contribution in [0.3, 0.4) is 0 Å². The van der Waals surface area contributed by atoms with E-state index < -0.39 is 0 Å². The van der Waals surface area contributed by atoms with Crippen LogP contribution in [-0.2, 0) is 7.05 Å². The molecule has 0 atom stereocenters. The van der Waals surface area contributed by atoms with Gasteiger partial charge in [-0.1, -0.05) is 5.21 Å². The highest BCUT2D eigenvalue weighted by Gasteiger charge is 2.13. The first-order chi connectivity index (χ1) is 6.66. The van der Waals surface area contributed by atoms with Gasteiger partial charge in [-0.3, -0.25) is 9.48 Å². The summed E-state index contributed by atoms with van der Waals surface area (Å²) in [5.41, 5.74) is 1.07. The number of carbonyl (C=O) groups is 1. The molecular weight excluding hydrogens is 313 g/mol. The summed E-state index contributed by atoms with van der Waals surface area (Å²) in [6.07, 6.45) is 1.62. The van der Waals surface area contributed by atoms with Gasteiger partial charge in [-0.15, -0.1) is 16.4 Å². The predicted octanol–water partition coefficient (Wildman–Crippen LogP) is 1.71. The van der Waals surface area contributed by atoms with Crippen molar-refractivity contribution in [3.8, 4) is 0 Å². The fraction of sp³-hybridized carbons (Fsp3) is 0.125. The largest absolute Gasteiger partial charge is 0.287 e. The minimum absolute atomic E-state index is 0.0720. The molecule has 0 saturated carbocycles. The van der Waals surface area contributed by atoms with Crippen molar-refractivity contribution in [2.45, 2.75) is 0 Å². The van der Waals surface area contributed by atoms with Gasteiger partial charge in [0.15, 0.2) is 5.69 Å². The highest BCUT2D eigenvalue weighted by molar-refractivity contribution is 14.1. The maximum Gasteiger partial charge on any atom is 0.215 e. The minimum Gasteiger partial charge on any atom is -0.287 e. The Kier molecular flexibility index (Phi) is 2.64. The fourth-order valence-electron chi connectivity index (χ4n) is 1.03. The number of thiophene rings is 1. The van der Waals surface area contributed by atoms with Crippen LogP contribution in [0.25, 0.3) is 0 Å². The van der Waals surface area contributed by atoms with Crippen molar-refractivity contribution in [2.24, 2.45) is 7.05 Å². The minimum atomic E-state index is -0.0720. The molecule has 14 heavy (non-hydrogen) atoms. The van der Waals surface area contributed by atoms with Gasteiger partial charge in [0.25, 0.3) is 0 Å². The Hall–Kier alpha value is -0.760. The third-order valence-corrected chi connectivity index (χ3v) is 3.45. The Morgan fingerprint density at radius 1 is 1.64 bits per heavy atom. The second-order valence-electron chi connectivity index (χ2n) is 2.75. The van der Waals surface area contributed by atoms with Gasteiger partial charge in [-0.2, -0.15) is 0 Å². The van der Waals surface area contributed by atoms with E-state index >= 15 is 0 Å². The van der Waals surface area contributed by atoms with Crippen LogP contribution in [-0.4, -0.2) is 20.8 Å². The summed E-state index contributed by atoms with van der Waals surface area (Å²) < 4.78 is 2.61. The molecule has 4 nitrogen and oxygen atoms in total. The second-order valence-corrected chi connectivity index (χ2v) is 5.55. The Morgan fingerprint density at radius 2 is 2.43 bits per heavy atom. The lowest BCUT2D eigenvalue weighted by Gasteiger charge is -1.88. The van der Waals surface area contributed by atoms with E-state index in [1.807, 2.05) is 11.4 Å². The molecule has 0 aliphatic rings. The SMILES string of the molecule is Cn1cc(C(=O)c2csc(I)c2)nn1. The first-order valence-corrected chi connectivity index (χ1v) is 5.78. The number of rotatable bonds is 2. The third kappa shape index (κ3) is 1.85. The van der Waals surface area contributed by atoms with Crippen LogP contribution < -0.4 is 0 Å². The number of aromatic nitrogens is 3. The molecule has 0 aliphatic carbocycles. The molecule has 0 N–H and O–H groups in total. The van der Waals surface area contributed by atoms with E-state index in [4.69, 9.17) is 0 Å². The Labute approximate surface area is 98.1 Å². The van der Waals surface area contributed by atoms with Crippen molar-refractivity contribution in [2.75, 3.05) is 0 Å². The number of hydrogen-bond acceptors (Lipinski definition) is 4. The van der Waals surface area contributed by atoms with Gasteiger partial charge in [0, 0.05) is 18.0 Å². The number of halogens is 1. The number of nitrogens with zero attached hydrogens (tertiary/aromatic N) is 3. The van der Waals surface area contributed by atoms with Crippen LogP contribution in [0, 0.1) is 2.88 Å². The summed E-state index contributed by atoms with van der Waals surface area (Å²) in [5, 5.41) is 9.32. The quantitative estimate of drug-likeness (QED) is 0.625. The summed E-state index contributed by atoms with van der Waals surface area (Å²) in [6, 6.07) is 1.85. The molecule has 0 aliphatic heterocycles. The van der Waals surface area contributed by atoms with Crippen LogP contribution in [0.1, 0.15) is 16.1 Å². The number of aryl methyl sites for hydroxylation is 1. The lowest BCUT2D eigenvalue weighted by Crippen LogP contribution is -1.99. The smallest absolute Gasteiger partial charge is 0.215 e. The average Bonchev–Trinajstić information content (AvgIpc) is 2.73. The monoisotopic (exact) mass is 319 g/mol. The third-order valence-electron chi connectivity index (χ3n) is 1.66. The number of carbonyl (C=O) groups excluding carboxylic acids is 1. The molecule has 2 aromatic rings. The maximum atomic E-state index is 11.8. The van der Waals surface area contributed by atoms with Crippen molar-refractivity contribution < 1.29 is 4.79 Å². The van der Waals surface area contributed by atoms with Gasteiger partial charge < -0.3 is 0 Å². The topological polar surface area (TPSA) is 47.8 Å². The lowest BCUT2D eigenvalue weighted by molar-refractivity contribution is 0.103. The van der Waals surface area contributed by atoms with Crippen molar-refractivity contribution in [1.29, 1.82) is 0 Å². The second kappa shape index (κ2) is 3.77. The summed E-state index contributed by atoms with van der Waals surface area (Å²) >= 11 is 3.73. The van der Waals surface area contributed by atoms with Crippen LogP contribution in [0.4, 0.5) is 0 Å². The van der Waals surface area contributed by atoms with Gasteiger partial charge in [-0.25, -0.2) is 0 Å². The molecule has 72 valence electrons. The van der Waals surface area contributed by atoms with Gasteiger partial charge in [0.2, 0.25) is 5.78 Å². The van der Waals surface area contributed by atoms with Gasteiger partial charge in [-0.05, 0) is 28.7 Å². The van der Waals surface area contributed by atoms with Crippen LogP contribution in [0.5, 0.6) is 0 Å². The molecule has 0 radical (unpaired) electrons. The van der Waals surface area contributed by atoms with Gasteiger partial charge in [0.1, 0.15) is 0 Å². The van der Waals surface area contributed by atoms with E-state index in [2.05, 4.69) is 32.9 Å². The molecule has 6 heteroatoms. The summed E-state index contributed by atoms with van der Waals surface area (Å²) in [6.45, 7) is 0. The van der Waals surface area contributed by atoms with E-state index in [9.17, 15) is 4.79 Å². The lowest BCUT2D eigenvalue weighted by atomic mass is 10.2. The molecule has 0 aromatic carbocycles. The van der Waals surface area contributed by atoms with E-state index in [0.717, 1.165) is 2.88 Å². The molecular formula is C8H6IN3OS. The van der Waals surface area contributed by atoms with E-state index in [1.165, 1.54) is 4.68 Å². The van der Waals surface area contributed by atoms with Crippen molar-refractivity contribution in [3.05, 3.63) is 31.8 Å². The molecule has 2 heterocycles. The first kappa shape index (κ1) is 9.78. The number of ketones is 1. The highest BCUT2D eigenvalue weighted by atomic mass is 127. The first-order valence-electron chi connectivity index (χ1n) is 3.82. The fourth-order valence-corrected chi connectivity index (χ4v) is 2.35. The summed E-state index contributed by atoms with van der Waals surface area (Å²) in [4.78, 5) is 11.8. The molecule has 0 fully saturated rings. The molecule has 2 aromatic heterocycles. The van der Waals surface area contributed by atoms with Crippen molar-refractivity contribution >= 4 is 39.7 Å². The normalized spacial score (nSPS) is 10.4. The Bertz CT molecular complexity index is 434. The molecule has 0 spiro atoms. The van der Waals surface area contributed by atoms with Gasteiger partial charge in [0.05, 0.1) is 9.08 Å². The molecule has 0 bridgehead atoms. The zero-order chi connectivity index (χ0) is 10.1. The van der Waals surface area contributed by atoms with E-state index in [-0.39, 0.29) is 5.78 Å². The van der Waals surface area contributed by atoms with E-state index in [1.54, 1.807) is 24.6 Å².